The summed E-state index contributed by atoms with van der Waals surface area (Å²) in [7, 11) is 0. The standard InChI is InChI=1S/C23H29.C13H19.C13H10.Zr/c1-14-9-16-11-17-10-15(2)21(23(6,7)8)13-19(17)18(16)12-20(14)22(3,4)5;1-11-6-7-12(10-11)13(2)8-4-3-5-9-13;1-3-7-12(8-4-1)11-13-9-5-2-6-10-13;/h9-13H,1-8H3;7,10-11H,3-5,8-9H2,1-2H3;1-10H;. The SMILES string of the molecule is Cc1cc2c(cc1C(C)(C)C)-c1cc(C(C)(C)C)c(C)cc1[CH]2[Zr]([C]1=CC(C2(C)CCCCC2)=CC1C)=[C](c1ccccc1)c1ccccc1. The Balaban J connectivity index is 1.60. The molecule has 0 radical (unpaired) electrons. The number of hydrogen-bond donors (Lipinski definition) is 0. The van der Waals surface area contributed by atoms with E-state index in [1.54, 1.807) is 23.2 Å². The van der Waals surface area contributed by atoms with Gasteiger partial charge in [0.15, 0.2) is 0 Å². The van der Waals surface area contributed by atoms with Crippen LogP contribution in [0.1, 0.15) is 136 Å². The van der Waals surface area contributed by atoms with Crippen LogP contribution in [-0.4, -0.2) is 3.21 Å². The minimum absolute atomic E-state index is 0.0820. The van der Waals surface area contributed by atoms with E-state index < -0.39 is 21.3 Å². The second kappa shape index (κ2) is 13.3. The monoisotopic (exact) mass is 736 g/mol. The first kappa shape index (κ1) is 35.5. The molecule has 0 heterocycles. The molecule has 1 heteroatoms. The van der Waals surface area contributed by atoms with Crippen molar-refractivity contribution in [3.63, 3.8) is 0 Å². The fourth-order valence-electron chi connectivity index (χ4n) is 9.67. The Morgan fingerprint density at radius 1 is 0.660 bits per heavy atom. The molecule has 4 aromatic rings. The van der Waals surface area contributed by atoms with Gasteiger partial charge in [-0.15, -0.1) is 0 Å². The van der Waals surface area contributed by atoms with Crippen molar-refractivity contribution in [2.45, 2.75) is 116 Å². The molecule has 50 heavy (non-hydrogen) atoms. The summed E-state index contributed by atoms with van der Waals surface area (Å²) in [5, 5.41) is 0. The molecule has 3 aliphatic rings. The molecule has 3 aliphatic carbocycles. The molecule has 0 amide bonds. The van der Waals surface area contributed by atoms with Gasteiger partial charge in [-0.3, -0.25) is 0 Å². The molecule has 1 atom stereocenters. The van der Waals surface area contributed by atoms with Crippen LogP contribution in [0, 0.1) is 25.2 Å². The predicted octanol–water partition coefficient (Wildman–Crippen LogP) is 13.3. The number of rotatable bonds is 5. The number of fused-ring (bicyclic) bond motifs is 3. The van der Waals surface area contributed by atoms with Gasteiger partial charge in [0.25, 0.3) is 0 Å². The van der Waals surface area contributed by atoms with E-state index in [1.165, 1.54) is 76.6 Å². The van der Waals surface area contributed by atoms with Gasteiger partial charge in [-0.1, -0.05) is 0 Å². The minimum atomic E-state index is -2.90. The Kier molecular flexibility index (Phi) is 9.42. The van der Waals surface area contributed by atoms with Crippen LogP contribution in [0.15, 0.2) is 106 Å². The second-order valence-corrected chi connectivity index (χ2v) is 24.2. The van der Waals surface area contributed by atoms with Crippen LogP contribution >= 0.6 is 0 Å². The Hall–Kier alpha value is -2.89. The van der Waals surface area contributed by atoms with Gasteiger partial charge in [0.2, 0.25) is 0 Å². The van der Waals surface area contributed by atoms with E-state index in [0.29, 0.717) is 15.0 Å². The third-order valence-electron chi connectivity index (χ3n) is 12.2. The van der Waals surface area contributed by atoms with Gasteiger partial charge < -0.3 is 0 Å². The van der Waals surface area contributed by atoms with Crippen molar-refractivity contribution in [2.75, 3.05) is 0 Å². The molecule has 0 N–H and O–H groups in total. The first-order valence-electron chi connectivity index (χ1n) is 19.3. The molecule has 7 rings (SSSR count). The van der Waals surface area contributed by atoms with E-state index >= 15 is 0 Å². The van der Waals surface area contributed by atoms with Crippen molar-refractivity contribution in [2.24, 2.45) is 11.3 Å². The van der Waals surface area contributed by atoms with E-state index in [1.807, 2.05) is 0 Å². The first-order chi connectivity index (χ1) is 23.7. The van der Waals surface area contributed by atoms with E-state index in [4.69, 9.17) is 0 Å². The molecule has 258 valence electrons. The Labute approximate surface area is 311 Å². The van der Waals surface area contributed by atoms with Crippen molar-refractivity contribution >= 4 is 3.21 Å². The van der Waals surface area contributed by atoms with Gasteiger partial charge in [0.1, 0.15) is 0 Å². The van der Waals surface area contributed by atoms with Crippen molar-refractivity contribution in [1.82, 2.24) is 0 Å². The van der Waals surface area contributed by atoms with Gasteiger partial charge in [0.05, 0.1) is 0 Å². The number of benzene rings is 4. The summed E-state index contributed by atoms with van der Waals surface area (Å²) in [6.07, 6.45) is 12.2. The van der Waals surface area contributed by atoms with E-state index in [0.717, 1.165) is 0 Å². The molecule has 1 unspecified atom stereocenters. The summed E-state index contributed by atoms with van der Waals surface area (Å²) in [4.78, 5) is 0. The molecule has 1 fully saturated rings. The molecule has 0 spiro atoms. The summed E-state index contributed by atoms with van der Waals surface area (Å²) < 4.78 is 3.82. The average molecular weight is 738 g/mol. The van der Waals surface area contributed by atoms with Gasteiger partial charge in [0, 0.05) is 0 Å². The van der Waals surface area contributed by atoms with Gasteiger partial charge in [-0.05, 0) is 0 Å². The molecule has 0 aromatic heterocycles. The Morgan fingerprint density at radius 2 is 1.12 bits per heavy atom. The zero-order valence-corrected chi connectivity index (χ0v) is 34.9. The summed E-state index contributed by atoms with van der Waals surface area (Å²) in [6, 6.07) is 33.5. The van der Waals surface area contributed by atoms with Crippen LogP contribution in [0.25, 0.3) is 11.1 Å². The number of aryl methyl sites for hydroxylation is 2. The number of allylic oxidation sites excluding steroid dienone is 4. The fourth-order valence-corrected chi connectivity index (χ4v) is 19.1. The van der Waals surface area contributed by atoms with Crippen molar-refractivity contribution in [3.8, 4) is 11.1 Å². The quantitative estimate of drug-likeness (QED) is 0.191. The summed E-state index contributed by atoms with van der Waals surface area (Å²) in [5.74, 6) is 0.456. The van der Waals surface area contributed by atoms with Gasteiger partial charge in [-0.2, -0.15) is 0 Å². The van der Waals surface area contributed by atoms with Crippen molar-refractivity contribution in [3.05, 3.63) is 150 Å². The van der Waals surface area contributed by atoms with Crippen molar-refractivity contribution < 1.29 is 21.3 Å². The summed E-state index contributed by atoms with van der Waals surface area (Å²) >= 11 is -2.90. The van der Waals surface area contributed by atoms with Crippen LogP contribution in [0.2, 0.25) is 0 Å². The number of hydrogen-bond acceptors (Lipinski definition) is 0. The topological polar surface area (TPSA) is 0 Å². The predicted molar refractivity (Wildman–Crippen MR) is 213 cm³/mol. The molecular weight excluding hydrogens is 680 g/mol. The maximum absolute atomic E-state index is 2.90. The Morgan fingerprint density at radius 3 is 1.56 bits per heavy atom. The normalized spacial score (nSPS) is 18.7. The van der Waals surface area contributed by atoms with Crippen LogP contribution in [-0.2, 0) is 32.1 Å². The Bertz CT molecular complexity index is 1900. The molecule has 0 saturated heterocycles. The second-order valence-electron chi connectivity index (χ2n) is 18.1. The zero-order chi connectivity index (χ0) is 35.6. The molecule has 4 aromatic carbocycles. The molecular formula is C49H58Zr. The molecule has 0 nitrogen and oxygen atoms in total. The molecule has 1 saturated carbocycles. The van der Waals surface area contributed by atoms with E-state index in [2.05, 4.69) is 166 Å². The van der Waals surface area contributed by atoms with Crippen LogP contribution < -0.4 is 0 Å². The van der Waals surface area contributed by atoms with Gasteiger partial charge >= 0.3 is 313 Å². The molecule has 0 aliphatic heterocycles. The maximum atomic E-state index is 2.78. The third-order valence-corrected chi connectivity index (χ3v) is 20.9. The zero-order valence-electron chi connectivity index (χ0n) is 32.4. The van der Waals surface area contributed by atoms with Crippen LogP contribution in [0.5, 0.6) is 0 Å². The van der Waals surface area contributed by atoms with Crippen LogP contribution in [0.4, 0.5) is 0 Å². The van der Waals surface area contributed by atoms with E-state index in [9.17, 15) is 0 Å². The van der Waals surface area contributed by atoms with E-state index in [-0.39, 0.29) is 10.8 Å². The first-order valence-corrected chi connectivity index (χ1v) is 23.1. The molecule has 0 bridgehead atoms. The van der Waals surface area contributed by atoms with Crippen molar-refractivity contribution in [1.29, 1.82) is 0 Å². The van der Waals surface area contributed by atoms with Gasteiger partial charge in [-0.25, -0.2) is 0 Å². The fraction of sp³-hybridized carbons (Fsp3) is 0.408. The average Bonchev–Trinajstić information content (AvgIpc) is 3.60. The summed E-state index contributed by atoms with van der Waals surface area (Å²) in [6.45, 7) is 24.1. The van der Waals surface area contributed by atoms with Crippen LogP contribution in [0.3, 0.4) is 0 Å². The summed E-state index contributed by atoms with van der Waals surface area (Å²) in [5.41, 5.74) is 16.9. The third kappa shape index (κ3) is 6.40.